The lowest BCUT2D eigenvalue weighted by atomic mass is 9.80. The molecule has 2 aliphatic heterocycles. The van der Waals surface area contributed by atoms with E-state index < -0.39 is 27.8 Å². The van der Waals surface area contributed by atoms with Crippen LogP contribution in [0.3, 0.4) is 0 Å². The first-order chi connectivity index (χ1) is 31.7. The van der Waals surface area contributed by atoms with Crippen molar-refractivity contribution in [3.63, 3.8) is 0 Å². The predicted molar refractivity (Wildman–Crippen MR) is 280 cm³/mol. The minimum absolute atomic E-state index is 0.0533. The molecule has 9 heteroatoms. The number of aliphatic hydroxyl groups is 1. The van der Waals surface area contributed by atoms with Crippen LogP contribution in [0.2, 0.25) is 0 Å². The average Bonchev–Trinajstić information content (AvgIpc) is 3.21. The Hall–Kier alpha value is -1.26. The van der Waals surface area contributed by atoms with Gasteiger partial charge >= 0.3 is 11.9 Å². The minimum atomic E-state index is -1.27. The molecule has 2 rings (SSSR count). The molecule has 0 radical (unpaired) electrons. The SMILES string of the molecule is CCCCCCCCCCCCCCCCCC(=O)OC1CC(C)(C)N(OCC(C)(O)CON2C(C)(C)CC(OC(=O)CCCCCCCCCCCCCCCCC)CC2(C)C)C(C)(C)C1. The molecule has 0 spiro atoms. The number of carbonyl (C=O) groups is 2. The molecule has 2 aliphatic rings. The van der Waals surface area contributed by atoms with Gasteiger partial charge in [-0.05, 0) is 75.2 Å². The fourth-order valence-electron chi connectivity index (χ4n) is 11.4. The van der Waals surface area contributed by atoms with Crippen molar-refractivity contribution in [3.8, 4) is 0 Å². The van der Waals surface area contributed by atoms with Gasteiger partial charge in [0, 0.05) is 60.7 Å². The van der Waals surface area contributed by atoms with Crippen molar-refractivity contribution in [2.45, 2.75) is 347 Å². The summed E-state index contributed by atoms with van der Waals surface area (Å²) < 4.78 is 12.2. The van der Waals surface area contributed by atoms with Crippen LogP contribution in [0, 0.1) is 0 Å². The van der Waals surface area contributed by atoms with Gasteiger partial charge in [0.1, 0.15) is 17.8 Å². The third kappa shape index (κ3) is 27.2. The van der Waals surface area contributed by atoms with Gasteiger partial charge in [-0.25, -0.2) is 0 Å². The summed E-state index contributed by atoms with van der Waals surface area (Å²) in [5.74, 6) is -0.187. The van der Waals surface area contributed by atoms with Crippen LogP contribution in [0.1, 0.15) is 307 Å². The molecule has 0 saturated carbocycles. The van der Waals surface area contributed by atoms with Crippen molar-refractivity contribution in [2.24, 2.45) is 0 Å². The molecule has 0 aliphatic carbocycles. The van der Waals surface area contributed by atoms with Crippen molar-refractivity contribution < 1.29 is 33.8 Å². The van der Waals surface area contributed by atoms with Gasteiger partial charge < -0.3 is 14.6 Å². The van der Waals surface area contributed by atoms with E-state index in [0.29, 0.717) is 38.5 Å². The second-order valence-corrected chi connectivity index (χ2v) is 24.3. The van der Waals surface area contributed by atoms with E-state index in [-0.39, 0.29) is 37.4 Å². The normalized spacial score (nSPS) is 18.9. The van der Waals surface area contributed by atoms with Crippen molar-refractivity contribution in [3.05, 3.63) is 0 Å². The molecule has 9 nitrogen and oxygen atoms in total. The van der Waals surface area contributed by atoms with Crippen LogP contribution in [-0.4, -0.2) is 80.4 Å². The highest BCUT2D eigenvalue weighted by Gasteiger charge is 2.50. The third-order valence-corrected chi connectivity index (χ3v) is 14.7. The van der Waals surface area contributed by atoms with Crippen molar-refractivity contribution in [1.29, 1.82) is 0 Å². The zero-order valence-corrected chi connectivity index (χ0v) is 46.3. The van der Waals surface area contributed by atoms with Gasteiger partial charge in [0.25, 0.3) is 0 Å². The molecule has 0 aromatic rings. The number of hydrogen-bond acceptors (Lipinski definition) is 9. The van der Waals surface area contributed by atoms with E-state index in [9.17, 15) is 14.7 Å². The van der Waals surface area contributed by atoms with Crippen LogP contribution < -0.4 is 0 Å². The van der Waals surface area contributed by atoms with Gasteiger partial charge in [0.05, 0.1) is 13.2 Å². The quantitative estimate of drug-likeness (QED) is 0.0476. The highest BCUT2D eigenvalue weighted by Crippen LogP contribution is 2.42. The molecular weight excluding hydrogens is 837 g/mol. The molecule has 2 fully saturated rings. The van der Waals surface area contributed by atoms with E-state index in [4.69, 9.17) is 19.1 Å². The largest absolute Gasteiger partial charge is 0.462 e. The Balaban J connectivity index is 1.65. The molecule has 0 bridgehead atoms. The van der Waals surface area contributed by atoms with Crippen LogP contribution in [0.15, 0.2) is 0 Å². The first-order valence-corrected chi connectivity index (χ1v) is 28.7. The molecule has 0 unspecified atom stereocenters. The van der Waals surface area contributed by atoms with Crippen LogP contribution in [0.4, 0.5) is 0 Å². The lowest BCUT2D eigenvalue weighted by Gasteiger charge is -2.54. The second kappa shape index (κ2) is 33.4. The van der Waals surface area contributed by atoms with Crippen molar-refractivity contribution >= 4 is 11.9 Å². The maximum Gasteiger partial charge on any atom is 0.306 e. The van der Waals surface area contributed by atoms with Crippen LogP contribution >= 0.6 is 0 Å². The number of hydrogen-bond donors (Lipinski definition) is 1. The molecular formula is C58H112N2O7. The first kappa shape index (κ1) is 61.9. The fourth-order valence-corrected chi connectivity index (χ4v) is 11.4. The highest BCUT2D eigenvalue weighted by atomic mass is 16.7. The maximum atomic E-state index is 13.0. The number of piperidine rings is 2. The van der Waals surface area contributed by atoms with Gasteiger partial charge in [-0.3, -0.25) is 19.3 Å². The number of nitrogens with zero attached hydrogens (tertiary/aromatic N) is 2. The minimum Gasteiger partial charge on any atom is -0.462 e. The number of hydroxylamine groups is 4. The topological polar surface area (TPSA) is 97.8 Å². The number of unbranched alkanes of at least 4 members (excludes halogenated alkanes) is 28. The smallest absolute Gasteiger partial charge is 0.306 e. The lowest BCUT2D eigenvalue weighted by molar-refractivity contribution is -0.333. The van der Waals surface area contributed by atoms with E-state index >= 15 is 0 Å². The highest BCUT2D eigenvalue weighted by molar-refractivity contribution is 5.69. The van der Waals surface area contributed by atoms with Gasteiger partial charge in [0.2, 0.25) is 0 Å². The third-order valence-electron chi connectivity index (χ3n) is 14.7. The van der Waals surface area contributed by atoms with E-state index in [1.165, 1.54) is 167 Å². The van der Waals surface area contributed by atoms with E-state index in [0.717, 1.165) is 25.7 Å². The lowest BCUT2D eigenvalue weighted by Crippen LogP contribution is -2.64. The maximum absolute atomic E-state index is 13.0. The summed E-state index contributed by atoms with van der Waals surface area (Å²) in [5, 5.41) is 15.6. The van der Waals surface area contributed by atoms with Crippen LogP contribution in [-0.2, 0) is 28.7 Å². The van der Waals surface area contributed by atoms with Crippen molar-refractivity contribution in [1.82, 2.24) is 10.1 Å². The Labute approximate surface area is 415 Å². The molecule has 2 saturated heterocycles. The van der Waals surface area contributed by atoms with Crippen LogP contribution in [0.5, 0.6) is 0 Å². The van der Waals surface area contributed by atoms with Gasteiger partial charge in [-0.2, -0.15) is 10.1 Å². The Morgan fingerprint density at radius 2 is 0.627 bits per heavy atom. The summed E-state index contributed by atoms with van der Waals surface area (Å²) in [7, 11) is 0. The Morgan fingerprint density at radius 1 is 0.418 bits per heavy atom. The molecule has 1 N–H and O–H groups in total. The molecule has 0 atom stereocenters. The summed E-state index contributed by atoms with van der Waals surface area (Å²) in [6.07, 6.45) is 42.4. The Kier molecular flexibility index (Phi) is 30.8. The Morgan fingerprint density at radius 3 is 0.851 bits per heavy atom. The molecule has 0 amide bonds. The van der Waals surface area contributed by atoms with Crippen LogP contribution in [0.25, 0.3) is 0 Å². The summed E-state index contributed by atoms with van der Waals surface area (Å²) >= 11 is 0. The summed E-state index contributed by atoms with van der Waals surface area (Å²) in [4.78, 5) is 38.9. The average molecular weight is 950 g/mol. The standard InChI is InChI=1S/C58H112N2O7/c1-12-14-16-18-20-22-24-26-28-30-32-34-36-38-40-42-52(61)66-50-44-54(3,4)59(55(5,6)45-50)64-48-58(11,63)49-65-60-56(7,8)46-51(47-57(60,9)10)67-53(62)43-41-39-37-35-33-31-29-27-25-23-21-19-17-15-13-2/h50-51,63H,12-49H2,1-11H3. The first-order valence-electron chi connectivity index (χ1n) is 28.7. The van der Waals surface area contributed by atoms with E-state index in [1.54, 1.807) is 6.92 Å². The molecule has 67 heavy (non-hydrogen) atoms. The summed E-state index contributed by atoms with van der Waals surface area (Å²) in [6, 6.07) is 0. The van der Waals surface area contributed by atoms with E-state index in [2.05, 4.69) is 69.2 Å². The fraction of sp³-hybridized carbons (Fsp3) is 0.966. The van der Waals surface area contributed by atoms with E-state index in [1.807, 2.05) is 10.1 Å². The molecule has 0 aromatic carbocycles. The number of ether oxygens (including phenoxy) is 2. The Bertz CT molecular complexity index is 1150. The number of rotatable bonds is 40. The molecule has 0 aromatic heterocycles. The second-order valence-electron chi connectivity index (χ2n) is 24.3. The zero-order chi connectivity index (χ0) is 49.7. The molecule has 2 heterocycles. The number of esters is 2. The summed E-state index contributed by atoms with van der Waals surface area (Å²) in [6.45, 7) is 23.4. The number of carbonyl (C=O) groups excluding carboxylic acids is 2. The predicted octanol–water partition coefficient (Wildman–Crippen LogP) is 16.3. The van der Waals surface area contributed by atoms with Gasteiger partial charge in [-0.1, -0.05) is 194 Å². The summed E-state index contributed by atoms with van der Waals surface area (Å²) in [5.41, 5.74) is -2.96. The van der Waals surface area contributed by atoms with Gasteiger partial charge in [0.15, 0.2) is 0 Å². The van der Waals surface area contributed by atoms with Gasteiger partial charge in [-0.15, -0.1) is 0 Å². The zero-order valence-electron chi connectivity index (χ0n) is 46.3. The van der Waals surface area contributed by atoms with Crippen molar-refractivity contribution in [2.75, 3.05) is 13.2 Å². The monoisotopic (exact) mass is 949 g/mol. The molecule has 396 valence electrons.